The van der Waals surface area contributed by atoms with E-state index in [1.54, 1.807) is 0 Å². The number of nitrogens with two attached hydrogens (primary N) is 1. The Morgan fingerprint density at radius 2 is 2.23 bits per heavy atom. The third kappa shape index (κ3) is 1.74. The predicted octanol–water partition coefficient (Wildman–Crippen LogP) is 0.875. The summed E-state index contributed by atoms with van der Waals surface area (Å²) in [5.74, 6) is 0.725. The fraction of sp³-hybridized carbons (Fsp3) is 0.455. The van der Waals surface area contributed by atoms with E-state index in [1.165, 1.54) is 17.5 Å². The number of nitrogens with one attached hydrogen (secondary N) is 1. The van der Waals surface area contributed by atoms with Crippen LogP contribution in [0.1, 0.15) is 17.0 Å². The fourth-order valence-corrected chi connectivity index (χ4v) is 1.92. The molecule has 2 heteroatoms. The quantitative estimate of drug-likeness (QED) is 0.668. The summed E-state index contributed by atoms with van der Waals surface area (Å²) in [6.07, 6.45) is 1.23. The Labute approximate surface area is 79.1 Å². The van der Waals surface area contributed by atoms with E-state index < -0.39 is 0 Å². The Morgan fingerprint density at radius 1 is 1.38 bits per heavy atom. The lowest BCUT2D eigenvalue weighted by Gasteiger charge is -2.30. The van der Waals surface area contributed by atoms with Crippen LogP contribution < -0.4 is 11.1 Å². The Kier molecular flexibility index (Phi) is 2.62. The van der Waals surface area contributed by atoms with Crippen LogP contribution in [0.15, 0.2) is 24.3 Å². The summed E-state index contributed by atoms with van der Waals surface area (Å²) >= 11 is 0. The molecule has 0 radical (unpaired) electrons. The van der Waals surface area contributed by atoms with Crippen molar-refractivity contribution in [3.63, 3.8) is 0 Å². The molecule has 1 unspecified atom stereocenters. The summed E-state index contributed by atoms with van der Waals surface area (Å²) in [6.45, 7) is 2.74. The van der Waals surface area contributed by atoms with E-state index in [9.17, 15) is 0 Å². The van der Waals surface area contributed by atoms with Gasteiger partial charge in [0.1, 0.15) is 0 Å². The van der Waals surface area contributed by atoms with Crippen molar-refractivity contribution >= 4 is 0 Å². The predicted molar refractivity (Wildman–Crippen MR) is 54.8 cm³/mol. The Morgan fingerprint density at radius 3 is 3.00 bits per heavy atom. The van der Waals surface area contributed by atoms with Gasteiger partial charge in [-0.2, -0.15) is 0 Å². The number of benzene rings is 1. The van der Waals surface area contributed by atoms with Gasteiger partial charge in [0.05, 0.1) is 0 Å². The van der Waals surface area contributed by atoms with Crippen molar-refractivity contribution in [2.45, 2.75) is 12.3 Å². The first-order valence-electron chi connectivity index (χ1n) is 4.90. The molecular formula is C11H16N2. The zero-order valence-corrected chi connectivity index (χ0v) is 7.79. The van der Waals surface area contributed by atoms with Crippen LogP contribution in [-0.4, -0.2) is 19.6 Å². The second-order valence-electron chi connectivity index (χ2n) is 3.59. The Hall–Kier alpha value is -0.860. The van der Waals surface area contributed by atoms with E-state index in [0.717, 1.165) is 25.6 Å². The fourth-order valence-electron chi connectivity index (χ4n) is 1.92. The maximum atomic E-state index is 5.41. The molecule has 1 aliphatic rings. The summed E-state index contributed by atoms with van der Waals surface area (Å²) < 4.78 is 0. The monoisotopic (exact) mass is 176 g/mol. The molecule has 0 heterocycles. The first-order valence-corrected chi connectivity index (χ1v) is 4.90. The van der Waals surface area contributed by atoms with Crippen molar-refractivity contribution in [3.05, 3.63) is 35.4 Å². The second kappa shape index (κ2) is 3.90. The van der Waals surface area contributed by atoms with Gasteiger partial charge < -0.3 is 11.1 Å². The van der Waals surface area contributed by atoms with Gasteiger partial charge in [-0.15, -0.1) is 0 Å². The standard InChI is InChI=1S/C11H16N2/c12-5-6-13-8-10-7-9-3-1-2-4-11(9)10/h1-4,10,13H,5-8,12H2. The minimum absolute atomic E-state index is 0.725. The molecule has 0 amide bonds. The van der Waals surface area contributed by atoms with Crippen molar-refractivity contribution in [1.29, 1.82) is 0 Å². The molecule has 2 nitrogen and oxygen atoms in total. The molecule has 1 aromatic rings. The topological polar surface area (TPSA) is 38.0 Å². The largest absolute Gasteiger partial charge is 0.329 e. The average Bonchev–Trinajstić information content (AvgIpc) is 2.13. The van der Waals surface area contributed by atoms with E-state index in [2.05, 4.69) is 29.6 Å². The highest BCUT2D eigenvalue weighted by molar-refractivity contribution is 5.40. The number of fused-ring (bicyclic) bond motifs is 1. The summed E-state index contributed by atoms with van der Waals surface area (Å²) in [7, 11) is 0. The van der Waals surface area contributed by atoms with Gasteiger partial charge in [-0.1, -0.05) is 24.3 Å². The molecule has 0 spiro atoms. The first kappa shape index (κ1) is 8.73. The second-order valence-corrected chi connectivity index (χ2v) is 3.59. The molecule has 70 valence electrons. The average molecular weight is 176 g/mol. The summed E-state index contributed by atoms with van der Waals surface area (Å²) in [5.41, 5.74) is 8.44. The molecule has 1 aliphatic carbocycles. The van der Waals surface area contributed by atoms with Gasteiger partial charge in [0, 0.05) is 25.6 Å². The molecule has 0 saturated heterocycles. The molecule has 0 saturated carbocycles. The molecule has 1 atom stereocenters. The van der Waals surface area contributed by atoms with Crippen molar-refractivity contribution in [2.24, 2.45) is 5.73 Å². The molecule has 0 aliphatic heterocycles. The Balaban J connectivity index is 1.87. The molecule has 13 heavy (non-hydrogen) atoms. The molecule has 2 rings (SSSR count). The number of hydrogen-bond acceptors (Lipinski definition) is 2. The number of hydrogen-bond donors (Lipinski definition) is 2. The highest BCUT2D eigenvalue weighted by Gasteiger charge is 2.24. The summed E-state index contributed by atoms with van der Waals surface area (Å²) in [5, 5.41) is 3.35. The van der Waals surface area contributed by atoms with Crippen LogP contribution in [0.25, 0.3) is 0 Å². The maximum Gasteiger partial charge on any atom is 0.00747 e. The molecule has 0 fully saturated rings. The van der Waals surface area contributed by atoms with Crippen LogP contribution in [0.4, 0.5) is 0 Å². The minimum atomic E-state index is 0.725. The van der Waals surface area contributed by atoms with Gasteiger partial charge in [0.25, 0.3) is 0 Å². The van der Waals surface area contributed by atoms with Gasteiger partial charge in [0.15, 0.2) is 0 Å². The van der Waals surface area contributed by atoms with Crippen LogP contribution in [0.3, 0.4) is 0 Å². The molecule has 3 N–H and O–H groups in total. The summed E-state index contributed by atoms with van der Waals surface area (Å²) in [4.78, 5) is 0. The van der Waals surface area contributed by atoms with Gasteiger partial charge in [-0.25, -0.2) is 0 Å². The van der Waals surface area contributed by atoms with Crippen molar-refractivity contribution in [2.75, 3.05) is 19.6 Å². The van der Waals surface area contributed by atoms with E-state index in [4.69, 9.17) is 5.73 Å². The SMILES string of the molecule is NCCNCC1Cc2ccccc21. The van der Waals surface area contributed by atoms with E-state index in [1.807, 2.05) is 0 Å². The van der Waals surface area contributed by atoms with Crippen LogP contribution in [-0.2, 0) is 6.42 Å². The molecule has 0 bridgehead atoms. The van der Waals surface area contributed by atoms with Gasteiger partial charge in [-0.05, 0) is 17.5 Å². The van der Waals surface area contributed by atoms with E-state index in [0.29, 0.717) is 0 Å². The van der Waals surface area contributed by atoms with Crippen LogP contribution >= 0.6 is 0 Å². The molecular weight excluding hydrogens is 160 g/mol. The molecule has 0 aromatic heterocycles. The highest BCUT2D eigenvalue weighted by Crippen LogP contribution is 2.33. The Bertz CT molecular complexity index is 283. The lowest BCUT2D eigenvalue weighted by Crippen LogP contribution is -2.32. The smallest absolute Gasteiger partial charge is 0.00747 e. The lowest BCUT2D eigenvalue weighted by molar-refractivity contribution is 0.540. The van der Waals surface area contributed by atoms with Gasteiger partial charge in [0.2, 0.25) is 0 Å². The normalized spacial score (nSPS) is 19.3. The van der Waals surface area contributed by atoms with Crippen LogP contribution in [0, 0.1) is 0 Å². The minimum Gasteiger partial charge on any atom is -0.329 e. The third-order valence-electron chi connectivity index (χ3n) is 2.67. The first-order chi connectivity index (χ1) is 6.42. The van der Waals surface area contributed by atoms with Crippen molar-refractivity contribution in [3.8, 4) is 0 Å². The van der Waals surface area contributed by atoms with Crippen LogP contribution in [0.5, 0.6) is 0 Å². The maximum absolute atomic E-state index is 5.41. The molecule has 1 aromatic carbocycles. The van der Waals surface area contributed by atoms with Crippen molar-refractivity contribution in [1.82, 2.24) is 5.32 Å². The number of rotatable bonds is 4. The van der Waals surface area contributed by atoms with Gasteiger partial charge in [-0.3, -0.25) is 0 Å². The summed E-state index contributed by atoms with van der Waals surface area (Å²) in [6, 6.07) is 8.68. The van der Waals surface area contributed by atoms with E-state index >= 15 is 0 Å². The van der Waals surface area contributed by atoms with Gasteiger partial charge >= 0.3 is 0 Å². The highest BCUT2D eigenvalue weighted by atomic mass is 14.9. The zero-order chi connectivity index (χ0) is 9.10. The van der Waals surface area contributed by atoms with Crippen LogP contribution in [0.2, 0.25) is 0 Å². The van der Waals surface area contributed by atoms with Crippen molar-refractivity contribution < 1.29 is 0 Å². The third-order valence-corrected chi connectivity index (χ3v) is 2.67. The zero-order valence-electron chi connectivity index (χ0n) is 7.79. The lowest BCUT2D eigenvalue weighted by atomic mass is 9.78. The van der Waals surface area contributed by atoms with E-state index in [-0.39, 0.29) is 0 Å².